The number of phenols is 1. The Morgan fingerprint density at radius 1 is 1.04 bits per heavy atom. The molecule has 6 nitrogen and oxygen atoms in total. The number of rotatable bonds is 2. The summed E-state index contributed by atoms with van der Waals surface area (Å²) in [6, 6.07) is 11.9. The van der Waals surface area contributed by atoms with E-state index in [1.807, 2.05) is 39.0 Å². The number of urea groups is 1. The summed E-state index contributed by atoms with van der Waals surface area (Å²) in [7, 11) is 0. The molecule has 3 rings (SSSR count). The molecule has 6 heteroatoms. The van der Waals surface area contributed by atoms with Crippen LogP contribution in [0, 0.1) is 20.8 Å². The highest BCUT2D eigenvalue weighted by atomic mass is 16.3. The van der Waals surface area contributed by atoms with E-state index in [0.29, 0.717) is 5.58 Å². The van der Waals surface area contributed by atoms with E-state index < -0.39 is 6.03 Å². The summed E-state index contributed by atoms with van der Waals surface area (Å²) in [4.78, 5) is 12.1. The number of nitrogens with one attached hydrogen (secondary N) is 2. The number of fused-ring (bicyclic) bond motifs is 1. The first kappa shape index (κ1) is 16.6. The van der Waals surface area contributed by atoms with Gasteiger partial charge in [0.1, 0.15) is 11.3 Å². The van der Waals surface area contributed by atoms with Crippen LogP contribution in [0.15, 0.2) is 52.0 Å². The largest absolute Gasteiger partial charge is 0.508 e. The number of aryl methyl sites for hydroxylation is 3. The monoisotopic (exact) mass is 337 g/mol. The van der Waals surface area contributed by atoms with Gasteiger partial charge in [-0.3, -0.25) is 0 Å². The molecule has 128 valence electrons. The van der Waals surface area contributed by atoms with E-state index in [1.165, 1.54) is 6.07 Å². The Bertz CT molecular complexity index is 1000. The maximum atomic E-state index is 12.1. The zero-order valence-corrected chi connectivity index (χ0v) is 14.3. The van der Waals surface area contributed by atoms with Gasteiger partial charge in [0.2, 0.25) is 5.55 Å². The molecular formula is C19H19N3O3. The van der Waals surface area contributed by atoms with Gasteiger partial charge in [-0.2, -0.15) is 0 Å². The number of hydrogen-bond donors (Lipinski definition) is 3. The lowest BCUT2D eigenvalue weighted by molar-refractivity contribution is 0.251. The Labute approximate surface area is 144 Å². The minimum Gasteiger partial charge on any atom is -0.508 e. The van der Waals surface area contributed by atoms with E-state index in [4.69, 9.17) is 4.42 Å². The van der Waals surface area contributed by atoms with E-state index in [1.54, 1.807) is 18.2 Å². The van der Waals surface area contributed by atoms with Crippen LogP contribution in [0.25, 0.3) is 11.0 Å². The number of para-hydroxylation sites is 1. The van der Waals surface area contributed by atoms with Crippen LogP contribution in [0.2, 0.25) is 0 Å². The maximum absolute atomic E-state index is 12.1. The SMILES string of the molecule is Cc1cccc(C)c1NC(=O)N/N=c1\cc(C)c2ccc(O)cc2o1. The molecule has 0 spiro atoms. The highest BCUT2D eigenvalue weighted by Crippen LogP contribution is 2.21. The van der Waals surface area contributed by atoms with Crippen LogP contribution in [0.1, 0.15) is 16.7 Å². The molecule has 0 saturated carbocycles. The van der Waals surface area contributed by atoms with Crippen molar-refractivity contribution >= 4 is 22.7 Å². The molecule has 0 atom stereocenters. The number of carbonyl (C=O) groups excluding carboxylic acids is 1. The minimum atomic E-state index is -0.457. The second-order valence-corrected chi connectivity index (χ2v) is 5.89. The average Bonchev–Trinajstić information content (AvgIpc) is 2.56. The number of hydrogen-bond acceptors (Lipinski definition) is 4. The van der Waals surface area contributed by atoms with Crippen LogP contribution in [-0.4, -0.2) is 11.1 Å². The number of phenolic OH excluding ortho intramolecular Hbond substituents is 1. The Kier molecular flexibility index (Phi) is 4.43. The van der Waals surface area contributed by atoms with Crippen molar-refractivity contribution in [2.45, 2.75) is 20.8 Å². The third-order valence-electron chi connectivity index (χ3n) is 3.93. The van der Waals surface area contributed by atoms with Gasteiger partial charge in [0, 0.05) is 23.2 Å². The van der Waals surface area contributed by atoms with Crippen molar-refractivity contribution in [3.8, 4) is 5.75 Å². The molecule has 0 fully saturated rings. The molecule has 25 heavy (non-hydrogen) atoms. The first-order chi connectivity index (χ1) is 11.9. The molecule has 0 unspecified atom stereocenters. The van der Waals surface area contributed by atoms with E-state index >= 15 is 0 Å². The number of aromatic hydroxyl groups is 1. The van der Waals surface area contributed by atoms with Gasteiger partial charge < -0.3 is 14.8 Å². The molecule has 0 aliphatic heterocycles. The molecule has 3 aromatic rings. The van der Waals surface area contributed by atoms with Gasteiger partial charge in [-0.05, 0) is 49.6 Å². The lowest BCUT2D eigenvalue weighted by atomic mass is 10.1. The van der Waals surface area contributed by atoms with E-state index in [2.05, 4.69) is 15.8 Å². The third kappa shape index (κ3) is 3.63. The molecule has 0 aliphatic carbocycles. The fraction of sp³-hybridized carbons (Fsp3) is 0.158. The van der Waals surface area contributed by atoms with E-state index in [-0.39, 0.29) is 11.3 Å². The second kappa shape index (κ2) is 6.68. The van der Waals surface area contributed by atoms with Crippen molar-refractivity contribution in [1.82, 2.24) is 5.43 Å². The lowest BCUT2D eigenvalue weighted by Gasteiger charge is -2.10. The summed E-state index contributed by atoms with van der Waals surface area (Å²) in [5.41, 5.74) is 6.79. The van der Waals surface area contributed by atoms with Gasteiger partial charge in [-0.1, -0.05) is 18.2 Å². The highest BCUT2D eigenvalue weighted by molar-refractivity contribution is 5.90. The predicted octanol–water partition coefficient (Wildman–Crippen LogP) is 3.70. The minimum absolute atomic E-state index is 0.105. The summed E-state index contributed by atoms with van der Waals surface area (Å²) in [5, 5.41) is 17.2. The smallest absolute Gasteiger partial charge is 0.339 e. The van der Waals surface area contributed by atoms with Gasteiger partial charge in [0.15, 0.2) is 0 Å². The van der Waals surface area contributed by atoms with Gasteiger partial charge in [-0.15, -0.1) is 5.10 Å². The van der Waals surface area contributed by atoms with E-state index in [0.717, 1.165) is 27.8 Å². The van der Waals surface area contributed by atoms with Gasteiger partial charge in [-0.25, -0.2) is 10.2 Å². The van der Waals surface area contributed by atoms with Crippen LogP contribution in [0.3, 0.4) is 0 Å². The molecule has 1 heterocycles. The third-order valence-corrected chi connectivity index (χ3v) is 3.93. The fourth-order valence-corrected chi connectivity index (χ4v) is 2.64. The number of carbonyl (C=O) groups is 1. The van der Waals surface area contributed by atoms with Crippen molar-refractivity contribution in [2.24, 2.45) is 5.10 Å². The molecule has 0 radical (unpaired) electrons. The summed E-state index contributed by atoms with van der Waals surface area (Å²) in [6.07, 6.45) is 0. The highest BCUT2D eigenvalue weighted by Gasteiger charge is 2.06. The Balaban J connectivity index is 1.84. The Hall–Kier alpha value is -3.28. The van der Waals surface area contributed by atoms with Gasteiger partial charge in [0.25, 0.3) is 0 Å². The maximum Gasteiger partial charge on any atom is 0.339 e. The molecule has 2 amide bonds. The van der Waals surface area contributed by atoms with Crippen LogP contribution in [0.4, 0.5) is 10.5 Å². The molecule has 0 saturated heterocycles. The second-order valence-electron chi connectivity index (χ2n) is 5.89. The summed E-state index contributed by atoms with van der Waals surface area (Å²) < 4.78 is 5.60. The Morgan fingerprint density at radius 3 is 2.48 bits per heavy atom. The van der Waals surface area contributed by atoms with Crippen molar-refractivity contribution in [3.63, 3.8) is 0 Å². The molecule has 2 aromatic carbocycles. The summed E-state index contributed by atoms with van der Waals surface area (Å²) in [6.45, 7) is 5.76. The van der Waals surface area contributed by atoms with Crippen LogP contribution >= 0.6 is 0 Å². The number of benzene rings is 2. The summed E-state index contributed by atoms with van der Waals surface area (Å²) >= 11 is 0. The first-order valence-electron chi connectivity index (χ1n) is 7.84. The van der Waals surface area contributed by atoms with Crippen LogP contribution in [0.5, 0.6) is 5.75 Å². The molecule has 0 aliphatic rings. The van der Waals surface area contributed by atoms with Crippen molar-refractivity contribution in [3.05, 3.63) is 64.7 Å². The first-order valence-corrected chi connectivity index (χ1v) is 7.84. The quantitative estimate of drug-likeness (QED) is 0.623. The average molecular weight is 337 g/mol. The predicted molar refractivity (Wildman–Crippen MR) is 96.2 cm³/mol. The zero-order valence-electron chi connectivity index (χ0n) is 14.3. The Morgan fingerprint density at radius 2 is 1.76 bits per heavy atom. The number of nitrogens with zero attached hydrogens (tertiary/aromatic N) is 1. The standard InChI is InChI=1S/C19H19N3O3/c1-11-5-4-6-12(2)18(11)20-19(24)22-21-17-9-13(3)15-8-7-14(23)10-16(15)25-17/h4-10,23H,1-3H3,(H2,20,22,24)/b21-17+. The van der Waals surface area contributed by atoms with Gasteiger partial charge in [0.05, 0.1) is 0 Å². The van der Waals surface area contributed by atoms with Crippen LogP contribution < -0.4 is 16.3 Å². The topological polar surface area (TPSA) is 86.9 Å². The van der Waals surface area contributed by atoms with Crippen LogP contribution in [-0.2, 0) is 0 Å². The fourth-order valence-electron chi connectivity index (χ4n) is 2.64. The van der Waals surface area contributed by atoms with Crippen molar-refractivity contribution in [1.29, 1.82) is 0 Å². The zero-order chi connectivity index (χ0) is 18.0. The van der Waals surface area contributed by atoms with Gasteiger partial charge >= 0.3 is 6.03 Å². The molecule has 0 bridgehead atoms. The molecule has 1 aromatic heterocycles. The number of amides is 2. The van der Waals surface area contributed by atoms with Crippen molar-refractivity contribution in [2.75, 3.05) is 5.32 Å². The lowest BCUT2D eigenvalue weighted by Crippen LogP contribution is -2.27. The number of anilines is 1. The van der Waals surface area contributed by atoms with Crippen molar-refractivity contribution < 1.29 is 14.3 Å². The molecular weight excluding hydrogens is 318 g/mol. The normalized spacial score (nSPS) is 11.6. The summed E-state index contributed by atoms with van der Waals surface area (Å²) in [5.74, 6) is 0.105. The van der Waals surface area contributed by atoms with E-state index in [9.17, 15) is 9.90 Å². The molecule has 3 N–H and O–H groups in total.